The van der Waals surface area contributed by atoms with Crippen molar-refractivity contribution >= 4 is 17.5 Å². The number of rotatable bonds is 7. The van der Waals surface area contributed by atoms with E-state index in [1.54, 1.807) is 24.3 Å². The van der Waals surface area contributed by atoms with Crippen LogP contribution in [0.2, 0.25) is 0 Å². The lowest BCUT2D eigenvalue weighted by molar-refractivity contribution is -0.115. The zero-order chi connectivity index (χ0) is 24.7. The molecule has 182 valence electrons. The number of anilines is 1. The molecule has 0 bridgehead atoms. The average Bonchev–Trinajstić information content (AvgIpc) is 3.16. The molecule has 0 saturated carbocycles. The summed E-state index contributed by atoms with van der Waals surface area (Å²) in [4.78, 5) is 24.8. The fraction of sp³-hybridized carbons (Fsp3) is 0.214. The Morgan fingerprint density at radius 3 is 2.36 bits per heavy atom. The molecule has 8 heteroatoms. The van der Waals surface area contributed by atoms with Crippen LogP contribution in [0.3, 0.4) is 0 Å². The number of ether oxygens (including phenoxy) is 1. The fourth-order valence-corrected chi connectivity index (χ4v) is 4.17. The van der Waals surface area contributed by atoms with Crippen molar-refractivity contribution in [3.63, 3.8) is 0 Å². The van der Waals surface area contributed by atoms with Gasteiger partial charge in [0.25, 0.3) is 5.91 Å². The number of amides is 2. The van der Waals surface area contributed by atoms with Crippen molar-refractivity contribution < 1.29 is 14.3 Å². The number of para-hydroxylation sites is 1. The molecule has 1 aromatic heterocycles. The van der Waals surface area contributed by atoms with Gasteiger partial charge in [0.05, 0.1) is 6.54 Å². The second-order valence-electron chi connectivity index (χ2n) is 8.65. The number of benzene rings is 3. The van der Waals surface area contributed by atoms with E-state index in [2.05, 4.69) is 25.4 Å². The standard InChI is InChI=1S/C28H27N5O3/c34-26(19-29-28(35)21-12-16-24(17-13-21)36-23-7-3-1-4-8-23)30-22-14-10-20(11-15-22)27-32-31-25-9-5-2-6-18-33(25)27/h1,3-4,7-8,10-17H,2,5-6,9,18-19H2,(H,29,35)(H,30,34). The van der Waals surface area contributed by atoms with Gasteiger partial charge in [-0.2, -0.15) is 0 Å². The molecule has 0 fully saturated rings. The molecule has 3 aromatic carbocycles. The molecule has 1 aliphatic heterocycles. The predicted octanol–water partition coefficient (Wildman–Crippen LogP) is 4.83. The molecule has 2 amide bonds. The highest BCUT2D eigenvalue weighted by atomic mass is 16.5. The van der Waals surface area contributed by atoms with Crippen LogP contribution in [0.5, 0.6) is 11.5 Å². The third-order valence-electron chi connectivity index (χ3n) is 6.04. The van der Waals surface area contributed by atoms with Gasteiger partial charge < -0.3 is 19.9 Å². The summed E-state index contributed by atoms with van der Waals surface area (Å²) in [5.74, 6) is 2.60. The largest absolute Gasteiger partial charge is 0.457 e. The molecular formula is C28H27N5O3. The molecule has 4 aromatic rings. The van der Waals surface area contributed by atoms with Gasteiger partial charge in [-0.25, -0.2) is 0 Å². The van der Waals surface area contributed by atoms with Crippen LogP contribution in [-0.4, -0.2) is 33.1 Å². The molecule has 1 aliphatic rings. The number of fused-ring (bicyclic) bond motifs is 1. The highest BCUT2D eigenvalue weighted by molar-refractivity contribution is 5.99. The summed E-state index contributed by atoms with van der Waals surface area (Å²) in [5.41, 5.74) is 2.05. The summed E-state index contributed by atoms with van der Waals surface area (Å²) in [6.45, 7) is 0.791. The molecule has 36 heavy (non-hydrogen) atoms. The summed E-state index contributed by atoms with van der Waals surface area (Å²) in [5, 5.41) is 14.2. The average molecular weight is 482 g/mol. The van der Waals surface area contributed by atoms with Crippen LogP contribution in [0, 0.1) is 0 Å². The van der Waals surface area contributed by atoms with Gasteiger partial charge in [0.1, 0.15) is 17.3 Å². The van der Waals surface area contributed by atoms with Crippen LogP contribution >= 0.6 is 0 Å². The quantitative estimate of drug-likeness (QED) is 0.394. The van der Waals surface area contributed by atoms with E-state index in [1.807, 2.05) is 54.6 Å². The molecule has 8 nitrogen and oxygen atoms in total. The summed E-state index contributed by atoms with van der Waals surface area (Å²) in [7, 11) is 0. The maximum absolute atomic E-state index is 12.4. The monoisotopic (exact) mass is 481 g/mol. The third kappa shape index (κ3) is 5.60. The topological polar surface area (TPSA) is 98.1 Å². The minimum Gasteiger partial charge on any atom is -0.457 e. The minimum atomic E-state index is -0.334. The molecule has 0 atom stereocenters. The second-order valence-corrected chi connectivity index (χ2v) is 8.65. The van der Waals surface area contributed by atoms with Crippen LogP contribution in [0.1, 0.15) is 35.4 Å². The Balaban J connectivity index is 1.12. The normalized spacial score (nSPS) is 12.8. The maximum Gasteiger partial charge on any atom is 0.251 e. The van der Waals surface area contributed by atoms with E-state index in [0.717, 1.165) is 48.8 Å². The first-order valence-electron chi connectivity index (χ1n) is 12.1. The van der Waals surface area contributed by atoms with Crippen molar-refractivity contribution in [3.05, 3.63) is 90.3 Å². The maximum atomic E-state index is 12.4. The molecule has 2 heterocycles. The van der Waals surface area contributed by atoms with Crippen molar-refractivity contribution in [3.8, 4) is 22.9 Å². The Kier molecular flexibility index (Phi) is 7.02. The van der Waals surface area contributed by atoms with Crippen molar-refractivity contribution in [1.29, 1.82) is 0 Å². The number of hydrogen-bond donors (Lipinski definition) is 2. The van der Waals surface area contributed by atoms with Crippen molar-refractivity contribution in [2.24, 2.45) is 0 Å². The Bertz CT molecular complexity index is 1330. The SMILES string of the molecule is O=C(CNC(=O)c1ccc(Oc2ccccc2)cc1)Nc1ccc(-c2nnc3n2CCCCC3)cc1. The van der Waals surface area contributed by atoms with E-state index in [4.69, 9.17) is 4.74 Å². The first-order valence-corrected chi connectivity index (χ1v) is 12.1. The van der Waals surface area contributed by atoms with E-state index in [0.29, 0.717) is 17.0 Å². The van der Waals surface area contributed by atoms with Crippen LogP contribution in [-0.2, 0) is 17.8 Å². The number of aromatic nitrogens is 3. The first kappa shape index (κ1) is 23.3. The smallest absolute Gasteiger partial charge is 0.251 e. The van der Waals surface area contributed by atoms with Gasteiger partial charge in [-0.05, 0) is 73.5 Å². The highest BCUT2D eigenvalue weighted by Crippen LogP contribution is 2.24. The molecule has 0 saturated heterocycles. The van der Waals surface area contributed by atoms with Gasteiger partial charge in [-0.15, -0.1) is 10.2 Å². The number of nitrogens with zero attached hydrogens (tertiary/aromatic N) is 3. The Morgan fingerprint density at radius 1 is 0.833 bits per heavy atom. The molecule has 0 radical (unpaired) electrons. The summed E-state index contributed by atoms with van der Waals surface area (Å²) in [6, 6.07) is 23.7. The van der Waals surface area contributed by atoms with Gasteiger partial charge in [-0.3, -0.25) is 9.59 Å². The first-order chi connectivity index (χ1) is 17.7. The second kappa shape index (κ2) is 10.9. The summed E-state index contributed by atoms with van der Waals surface area (Å²) >= 11 is 0. The van der Waals surface area contributed by atoms with E-state index < -0.39 is 0 Å². The Morgan fingerprint density at radius 2 is 1.58 bits per heavy atom. The molecular weight excluding hydrogens is 454 g/mol. The minimum absolute atomic E-state index is 0.138. The van der Waals surface area contributed by atoms with Gasteiger partial charge in [0.2, 0.25) is 5.91 Å². The lowest BCUT2D eigenvalue weighted by Gasteiger charge is -2.10. The van der Waals surface area contributed by atoms with E-state index in [-0.39, 0.29) is 18.4 Å². The van der Waals surface area contributed by atoms with Crippen molar-refractivity contribution in [2.75, 3.05) is 11.9 Å². The number of hydrogen-bond acceptors (Lipinski definition) is 5. The highest BCUT2D eigenvalue weighted by Gasteiger charge is 2.16. The Hall–Kier alpha value is -4.46. The third-order valence-corrected chi connectivity index (χ3v) is 6.04. The molecule has 0 unspecified atom stereocenters. The zero-order valence-electron chi connectivity index (χ0n) is 19.8. The van der Waals surface area contributed by atoms with Crippen LogP contribution in [0.25, 0.3) is 11.4 Å². The predicted molar refractivity (Wildman–Crippen MR) is 137 cm³/mol. The van der Waals surface area contributed by atoms with Crippen LogP contribution < -0.4 is 15.4 Å². The van der Waals surface area contributed by atoms with Gasteiger partial charge in [-0.1, -0.05) is 24.6 Å². The van der Waals surface area contributed by atoms with E-state index >= 15 is 0 Å². The van der Waals surface area contributed by atoms with Crippen LogP contribution in [0.15, 0.2) is 78.9 Å². The molecule has 5 rings (SSSR count). The van der Waals surface area contributed by atoms with E-state index in [1.165, 1.54) is 6.42 Å². The lowest BCUT2D eigenvalue weighted by Crippen LogP contribution is -2.32. The lowest BCUT2D eigenvalue weighted by atomic mass is 10.2. The summed E-state index contributed by atoms with van der Waals surface area (Å²) < 4.78 is 7.93. The number of carbonyl (C=O) groups is 2. The van der Waals surface area contributed by atoms with Crippen molar-refractivity contribution in [1.82, 2.24) is 20.1 Å². The fourth-order valence-electron chi connectivity index (χ4n) is 4.17. The molecule has 2 N–H and O–H groups in total. The zero-order valence-corrected chi connectivity index (χ0v) is 19.8. The van der Waals surface area contributed by atoms with Crippen molar-refractivity contribution in [2.45, 2.75) is 32.2 Å². The number of carbonyl (C=O) groups excluding carboxylic acids is 2. The molecule has 0 spiro atoms. The van der Waals surface area contributed by atoms with Gasteiger partial charge in [0.15, 0.2) is 5.82 Å². The van der Waals surface area contributed by atoms with Crippen LogP contribution in [0.4, 0.5) is 5.69 Å². The van der Waals surface area contributed by atoms with Gasteiger partial charge in [0, 0.05) is 29.8 Å². The van der Waals surface area contributed by atoms with Gasteiger partial charge >= 0.3 is 0 Å². The summed E-state index contributed by atoms with van der Waals surface area (Å²) in [6.07, 6.45) is 4.44. The number of aryl methyl sites for hydroxylation is 1. The number of nitrogens with one attached hydrogen (secondary N) is 2. The molecule has 0 aliphatic carbocycles. The Labute approximate surface area is 209 Å². The van der Waals surface area contributed by atoms with E-state index in [9.17, 15) is 9.59 Å².